The van der Waals surface area contributed by atoms with Gasteiger partial charge >= 0.3 is 0 Å². The Hall–Kier alpha value is -4.26. The van der Waals surface area contributed by atoms with Crippen molar-refractivity contribution in [1.82, 2.24) is 0 Å². The minimum absolute atomic E-state index is 0.0517. The van der Waals surface area contributed by atoms with Gasteiger partial charge in [-0.05, 0) is 60.7 Å². The highest BCUT2D eigenvalue weighted by Gasteiger charge is 2.37. The maximum absolute atomic E-state index is 8.75. The summed E-state index contributed by atoms with van der Waals surface area (Å²) in [5.74, 6) is 0.837. The Balaban J connectivity index is 0.000000288. The van der Waals surface area contributed by atoms with E-state index in [0.29, 0.717) is 19.8 Å². The number of aliphatic hydroxyl groups excluding tert-OH is 1. The molecule has 0 aromatic heterocycles. The van der Waals surface area contributed by atoms with E-state index < -0.39 is 5.60 Å². The summed E-state index contributed by atoms with van der Waals surface area (Å²) in [7, 11) is 1.64. The second kappa shape index (κ2) is 18.0. The van der Waals surface area contributed by atoms with Gasteiger partial charge in [0.2, 0.25) is 0 Å². The normalized spacial score (nSPS) is 12.5. The zero-order chi connectivity index (χ0) is 32.6. The molecular formula is C41H46O5. The molecule has 0 aliphatic rings. The van der Waals surface area contributed by atoms with E-state index in [1.807, 2.05) is 49.4 Å². The molecule has 0 aliphatic carbocycles. The molecule has 240 valence electrons. The molecule has 1 N–H and O–H groups in total. The van der Waals surface area contributed by atoms with E-state index in [1.54, 1.807) is 7.11 Å². The van der Waals surface area contributed by atoms with Gasteiger partial charge in [0.05, 0.1) is 45.7 Å². The third kappa shape index (κ3) is 9.87. The van der Waals surface area contributed by atoms with Crippen LogP contribution in [-0.2, 0) is 33.0 Å². The van der Waals surface area contributed by atoms with Gasteiger partial charge in [0.15, 0.2) is 0 Å². The first-order valence-corrected chi connectivity index (χ1v) is 15.8. The van der Waals surface area contributed by atoms with Crippen LogP contribution in [0.4, 0.5) is 0 Å². The highest BCUT2D eigenvalue weighted by atomic mass is 16.5. The molecular weight excluding hydrogens is 572 g/mol. The third-order valence-electron chi connectivity index (χ3n) is 7.68. The van der Waals surface area contributed by atoms with Gasteiger partial charge in [-0.25, -0.2) is 0 Å². The average Bonchev–Trinajstić information content (AvgIpc) is 3.12. The van der Waals surface area contributed by atoms with E-state index in [2.05, 4.69) is 111 Å². The highest BCUT2D eigenvalue weighted by molar-refractivity contribution is 5.47. The summed E-state index contributed by atoms with van der Waals surface area (Å²) in [5, 5.41) is 8.75. The van der Waals surface area contributed by atoms with Gasteiger partial charge in [-0.3, -0.25) is 0 Å². The lowest BCUT2D eigenvalue weighted by atomic mass is 9.80. The van der Waals surface area contributed by atoms with Gasteiger partial charge in [0.25, 0.3) is 0 Å². The van der Waals surface area contributed by atoms with Crippen molar-refractivity contribution in [2.45, 2.75) is 51.8 Å². The standard InChI is InChI=1S/C30H30O2.C11H16O3/c1-24-18-20-26(21-19-24)23-31-25(2)22-32-30(27-12-6-3-7-13-27,28-14-8-4-9-15-28)29-16-10-5-11-17-29;1-9(7-12)14-8-10-3-5-11(13-2)6-4-10/h3-21,25H,22-23H2,1-2H3;3-6,9,12H,7-8H2,1-2H3. The molecule has 0 spiro atoms. The van der Waals surface area contributed by atoms with Crippen molar-refractivity contribution in [2.75, 3.05) is 20.3 Å². The molecule has 0 fully saturated rings. The summed E-state index contributed by atoms with van der Waals surface area (Å²) in [5.41, 5.74) is 6.08. The molecule has 2 unspecified atom stereocenters. The minimum atomic E-state index is -0.717. The first kappa shape index (κ1) is 34.6. The van der Waals surface area contributed by atoms with Crippen LogP contribution in [0.2, 0.25) is 0 Å². The lowest BCUT2D eigenvalue weighted by Gasteiger charge is -2.36. The fourth-order valence-electron chi connectivity index (χ4n) is 4.99. The van der Waals surface area contributed by atoms with Crippen LogP contribution in [0.3, 0.4) is 0 Å². The van der Waals surface area contributed by atoms with E-state index >= 15 is 0 Å². The van der Waals surface area contributed by atoms with Gasteiger partial charge in [-0.1, -0.05) is 133 Å². The maximum atomic E-state index is 8.75. The zero-order valence-electron chi connectivity index (χ0n) is 27.3. The minimum Gasteiger partial charge on any atom is -0.497 e. The van der Waals surface area contributed by atoms with Crippen molar-refractivity contribution in [3.63, 3.8) is 0 Å². The van der Waals surface area contributed by atoms with Crippen LogP contribution in [0.25, 0.3) is 0 Å². The van der Waals surface area contributed by atoms with Crippen LogP contribution in [0.5, 0.6) is 5.75 Å². The van der Waals surface area contributed by atoms with Crippen molar-refractivity contribution < 1.29 is 24.1 Å². The van der Waals surface area contributed by atoms with Gasteiger partial charge in [-0.2, -0.15) is 0 Å². The lowest BCUT2D eigenvalue weighted by molar-refractivity contribution is -0.0630. The van der Waals surface area contributed by atoms with Gasteiger partial charge in [-0.15, -0.1) is 0 Å². The monoisotopic (exact) mass is 618 g/mol. The molecule has 2 atom stereocenters. The zero-order valence-corrected chi connectivity index (χ0v) is 27.3. The van der Waals surface area contributed by atoms with Gasteiger partial charge < -0.3 is 24.1 Å². The molecule has 5 aromatic carbocycles. The molecule has 5 nitrogen and oxygen atoms in total. The Labute approximate surface area is 274 Å². The largest absolute Gasteiger partial charge is 0.497 e. The Morgan fingerprint density at radius 3 is 1.39 bits per heavy atom. The quantitative estimate of drug-likeness (QED) is 0.127. The fourth-order valence-corrected chi connectivity index (χ4v) is 4.99. The molecule has 0 amide bonds. The lowest BCUT2D eigenvalue weighted by Crippen LogP contribution is -2.35. The fraction of sp³-hybridized carbons (Fsp3) is 0.268. The molecule has 0 heterocycles. The van der Waals surface area contributed by atoms with E-state index in [4.69, 9.17) is 24.1 Å². The van der Waals surface area contributed by atoms with E-state index in [9.17, 15) is 0 Å². The Bertz CT molecular complexity index is 1430. The molecule has 0 radical (unpaired) electrons. The summed E-state index contributed by atoms with van der Waals surface area (Å²) in [6.45, 7) is 7.60. The number of benzene rings is 5. The van der Waals surface area contributed by atoms with Crippen molar-refractivity contribution in [1.29, 1.82) is 0 Å². The molecule has 0 saturated carbocycles. The predicted molar refractivity (Wildman–Crippen MR) is 185 cm³/mol. The summed E-state index contributed by atoms with van der Waals surface area (Å²) >= 11 is 0. The number of hydrogen-bond donors (Lipinski definition) is 1. The third-order valence-corrected chi connectivity index (χ3v) is 7.68. The van der Waals surface area contributed by atoms with Crippen LogP contribution >= 0.6 is 0 Å². The molecule has 0 bridgehead atoms. The summed E-state index contributed by atoms with van der Waals surface area (Å²) in [6, 6.07) is 47.5. The molecule has 46 heavy (non-hydrogen) atoms. The maximum Gasteiger partial charge on any atom is 0.143 e. The number of ether oxygens (including phenoxy) is 4. The number of rotatable bonds is 14. The highest BCUT2D eigenvalue weighted by Crippen LogP contribution is 2.40. The van der Waals surface area contributed by atoms with Gasteiger partial charge in [0.1, 0.15) is 11.4 Å². The van der Waals surface area contributed by atoms with E-state index in [-0.39, 0.29) is 18.8 Å². The first-order valence-electron chi connectivity index (χ1n) is 15.8. The molecule has 5 aromatic rings. The molecule has 0 saturated heterocycles. The van der Waals surface area contributed by atoms with Crippen molar-refractivity contribution in [2.24, 2.45) is 0 Å². The molecule has 0 aliphatic heterocycles. The smallest absolute Gasteiger partial charge is 0.143 e. The Kier molecular flexibility index (Phi) is 13.6. The first-order chi connectivity index (χ1) is 22.4. The molecule has 5 heteroatoms. The average molecular weight is 619 g/mol. The number of aliphatic hydroxyl groups is 1. The van der Waals surface area contributed by atoms with Crippen molar-refractivity contribution in [3.05, 3.63) is 173 Å². The topological polar surface area (TPSA) is 57.2 Å². The second-order valence-corrected chi connectivity index (χ2v) is 11.3. The van der Waals surface area contributed by atoms with Crippen molar-refractivity contribution in [3.8, 4) is 5.75 Å². The predicted octanol–water partition coefficient (Wildman–Crippen LogP) is 8.50. The number of methoxy groups -OCH3 is 1. The van der Waals surface area contributed by atoms with Crippen LogP contribution in [-0.4, -0.2) is 37.6 Å². The Morgan fingerprint density at radius 2 is 0.978 bits per heavy atom. The van der Waals surface area contributed by atoms with Crippen LogP contribution in [0.15, 0.2) is 140 Å². The molecule has 5 rings (SSSR count). The van der Waals surface area contributed by atoms with Crippen LogP contribution in [0, 0.1) is 6.92 Å². The number of aryl methyl sites for hydroxylation is 1. The SMILES string of the molecule is COc1ccc(COC(C)CO)cc1.Cc1ccc(COC(C)COC(c2ccccc2)(c2ccccc2)c2ccccc2)cc1. The van der Waals surface area contributed by atoms with E-state index in [0.717, 1.165) is 28.0 Å². The van der Waals surface area contributed by atoms with E-state index in [1.165, 1.54) is 11.1 Å². The summed E-state index contributed by atoms with van der Waals surface area (Å²) in [6.07, 6.45) is -0.177. The van der Waals surface area contributed by atoms with Crippen LogP contribution in [0.1, 0.15) is 47.2 Å². The summed E-state index contributed by atoms with van der Waals surface area (Å²) < 4.78 is 23.4. The number of hydrogen-bond acceptors (Lipinski definition) is 5. The van der Waals surface area contributed by atoms with Gasteiger partial charge in [0, 0.05) is 0 Å². The van der Waals surface area contributed by atoms with Crippen LogP contribution < -0.4 is 4.74 Å². The summed E-state index contributed by atoms with van der Waals surface area (Å²) in [4.78, 5) is 0. The van der Waals surface area contributed by atoms with Crippen molar-refractivity contribution >= 4 is 0 Å². The second-order valence-electron chi connectivity index (χ2n) is 11.3. The Morgan fingerprint density at radius 1 is 0.565 bits per heavy atom.